The molecule has 3 heterocycles. The van der Waals surface area contributed by atoms with Crippen molar-refractivity contribution in [1.82, 2.24) is 25.3 Å². The first-order chi connectivity index (χ1) is 17.5. The van der Waals surface area contributed by atoms with E-state index >= 15 is 0 Å². The lowest BCUT2D eigenvalue weighted by Gasteiger charge is -2.54. The number of nitrogens with zero attached hydrogens (tertiary/aromatic N) is 3. The predicted octanol–water partition coefficient (Wildman–Crippen LogP) is 4.02. The molecular formula is C29H49N5O3. The van der Waals surface area contributed by atoms with Crippen molar-refractivity contribution >= 4 is 11.8 Å². The number of unbranched alkanes of at least 4 members (excludes halogenated alkanes) is 1. The van der Waals surface area contributed by atoms with E-state index in [1.54, 1.807) is 0 Å². The molecule has 2 saturated heterocycles. The van der Waals surface area contributed by atoms with Gasteiger partial charge >= 0.3 is 0 Å². The second-order valence-electron chi connectivity index (χ2n) is 12.9. The highest BCUT2D eigenvalue weighted by molar-refractivity contribution is 6.00. The van der Waals surface area contributed by atoms with Crippen molar-refractivity contribution in [2.75, 3.05) is 19.6 Å². The molecule has 3 aliphatic rings. The monoisotopic (exact) mass is 515 g/mol. The molecule has 1 aliphatic carbocycles. The van der Waals surface area contributed by atoms with Gasteiger partial charge in [-0.15, -0.1) is 0 Å². The number of aromatic nitrogens is 2. The summed E-state index contributed by atoms with van der Waals surface area (Å²) in [5, 5.41) is 21.9. The zero-order valence-electron chi connectivity index (χ0n) is 23.9. The quantitative estimate of drug-likeness (QED) is 0.509. The number of aromatic amines is 1. The van der Waals surface area contributed by atoms with Gasteiger partial charge in [0.25, 0.3) is 0 Å². The number of piperazine rings is 1. The van der Waals surface area contributed by atoms with Crippen LogP contribution in [0, 0.1) is 25.2 Å². The molecule has 2 amide bonds. The van der Waals surface area contributed by atoms with Gasteiger partial charge in [-0.1, -0.05) is 53.4 Å². The van der Waals surface area contributed by atoms with E-state index in [-0.39, 0.29) is 29.2 Å². The van der Waals surface area contributed by atoms with Gasteiger partial charge in [0.2, 0.25) is 11.8 Å². The lowest BCUT2D eigenvalue weighted by atomic mass is 9.75. The smallest absolute Gasteiger partial charge is 0.248 e. The summed E-state index contributed by atoms with van der Waals surface area (Å²) in [4.78, 5) is 32.1. The Morgan fingerprint density at radius 1 is 1.11 bits per heavy atom. The molecule has 4 rings (SSSR count). The second-order valence-corrected chi connectivity index (χ2v) is 12.9. The summed E-state index contributed by atoms with van der Waals surface area (Å²) < 4.78 is 0. The minimum absolute atomic E-state index is 0.0222. The van der Waals surface area contributed by atoms with E-state index < -0.39 is 17.7 Å². The minimum atomic E-state index is -0.839. The Morgan fingerprint density at radius 2 is 1.76 bits per heavy atom. The fraction of sp³-hybridized carbons (Fsp3) is 0.828. The molecule has 3 atom stereocenters. The zero-order valence-corrected chi connectivity index (χ0v) is 23.9. The number of carbonyl (C=O) groups is 2. The Bertz CT molecular complexity index is 934. The molecule has 1 aromatic heterocycles. The number of piperidine rings is 1. The van der Waals surface area contributed by atoms with E-state index in [4.69, 9.17) is 0 Å². The SMILES string of the molecule is CCCCN1C(=O)[C@@H]([C@H](O)C2CCCCC2)NC(=O)C12CCN(C(c1c(C)n[nH]c1C)C(C)(C)C)CC2. The van der Waals surface area contributed by atoms with Crippen molar-refractivity contribution < 1.29 is 14.7 Å². The second kappa shape index (κ2) is 11.0. The standard InChI is InChI=1S/C29H49N5O3/c1-7-8-16-34-26(36)23(24(35)21-12-10-9-11-13-21)30-27(37)29(34)14-17-33(18-15-29)25(28(4,5)6)22-19(2)31-32-20(22)3/h21,23-25,35H,7-18H2,1-6H3,(H,30,37)(H,31,32)/t23-,24-,25?/m1/s1. The first-order valence-corrected chi connectivity index (χ1v) is 14.6. The van der Waals surface area contributed by atoms with Crippen LogP contribution in [0.4, 0.5) is 0 Å². The maximum atomic E-state index is 13.9. The summed E-state index contributed by atoms with van der Waals surface area (Å²) in [5.41, 5.74) is 2.49. The van der Waals surface area contributed by atoms with Crippen molar-refractivity contribution in [3.63, 3.8) is 0 Å². The Balaban J connectivity index is 1.57. The van der Waals surface area contributed by atoms with Crippen molar-refractivity contribution in [2.24, 2.45) is 11.3 Å². The maximum absolute atomic E-state index is 13.9. The molecule has 2 aliphatic heterocycles. The van der Waals surface area contributed by atoms with Crippen LogP contribution in [0.2, 0.25) is 0 Å². The van der Waals surface area contributed by atoms with Gasteiger partial charge in [0.1, 0.15) is 11.6 Å². The highest BCUT2D eigenvalue weighted by Crippen LogP contribution is 2.44. The molecule has 208 valence electrons. The number of rotatable bonds is 7. The van der Waals surface area contributed by atoms with Crippen molar-refractivity contribution in [3.8, 4) is 0 Å². The van der Waals surface area contributed by atoms with Crippen LogP contribution in [0.25, 0.3) is 0 Å². The normalized spacial score (nSPS) is 25.4. The van der Waals surface area contributed by atoms with Crippen LogP contribution in [-0.4, -0.2) is 74.2 Å². The van der Waals surface area contributed by atoms with Gasteiger partial charge in [-0.25, -0.2) is 0 Å². The molecule has 1 spiro atoms. The number of hydrogen-bond donors (Lipinski definition) is 3. The molecule has 8 heteroatoms. The Hall–Kier alpha value is -1.93. The third-order valence-corrected chi connectivity index (χ3v) is 9.24. The van der Waals surface area contributed by atoms with E-state index in [0.717, 1.165) is 63.0 Å². The number of nitrogens with one attached hydrogen (secondary N) is 2. The van der Waals surface area contributed by atoms with Crippen LogP contribution in [0.1, 0.15) is 108 Å². The summed E-state index contributed by atoms with van der Waals surface area (Å²) in [7, 11) is 0. The van der Waals surface area contributed by atoms with Gasteiger partial charge in [0.05, 0.1) is 11.8 Å². The van der Waals surface area contributed by atoms with Crippen molar-refractivity contribution in [3.05, 3.63) is 17.0 Å². The summed E-state index contributed by atoms with van der Waals surface area (Å²) in [6.07, 6.45) is 7.41. The molecule has 0 bridgehead atoms. The summed E-state index contributed by atoms with van der Waals surface area (Å²) in [6, 6.07) is -0.661. The Kier molecular flexibility index (Phi) is 8.39. The molecule has 37 heavy (non-hydrogen) atoms. The molecule has 3 N–H and O–H groups in total. The van der Waals surface area contributed by atoms with E-state index in [9.17, 15) is 14.7 Å². The van der Waals surface area contributed by atoms with Gasteiger partial charge in [-0.2, -0.15) is 5.10 Å². The van der Waals surface area contributed by atoms with Gasteiger partial charge in [-0.05, 0) is 57.3 Å². The van der Waals surface area contributed by atoms with E-state index in [1.807, 2.05) is 4.90 Å². The number of H-pyrrole nitrogens is 1. The van der Waals surface area contributed by atoms with Crippen molar-refractivity contribution in [1.29, 1.82) is 0 Å². The lowest BCUT2D eigenvalue weighted by molar-refractivity contribution is -0.166. The number of amides is 2. The highest BCUT2D eigenvalue weighted by atomic mass is 16.3. The summed E-state index contributed by atoms with van der Waals surface area (Å²) >= 11 is 0. The molecule has 8 nitrogen and oxygen atoms in total. The minimum Gasteiger partial charge on any atom is -0.390 e. The maximum Gasteiger partial charge on any atom is 0.248 e. The molecular weight excluding hydrogens is 466 g/mol. The van der Waals surface area contributed by atoms with E-state index in [2.05, 4.69) is 62.0 Å². The Labute approximate surface area is 222 Å². The number of carbonyl (C=O) groups excluding carboxylic acids is 2. The van der Waals surface area contributed by atoms with Crippen LogP contribution >= 0.6 is 0 Å². The van der Waals surface area contributed by atoms with Crippen LogP contribution in [0.5, 0.6) is 0 Å². The van der Waals surface area contributed by atoms with E-state index in [0.29, 0.717) is 19.4 Å². The average molecular weight is 516 g/mol. The van der Waals surface area contributed by atoms with Gasteiger partial charge < -0.3 is 15.3 Å². The molecule has 1 aromatic rings. The lowest BCUT2D eigenvalue weighted by Crippen LogP contribution is -2.75. The molecule has 3 fully saturated rings. The summed E-state index contributed by atoms with van der Waals surface area (Å²) in [6.45, 7) is 15.1. The van der Waals surface area contributed by atoms with Gasteiger partial charge in [0, 0.05) is 36.9 Å². The van der Waals surface area contributed by atoms with E-state index in [1.165, 1.54) is 12.0 Å². The average Bonchev–Trinajstić information content (AvgIpc) is 3.19. The number of aliphatic hydroxyl groups is 1. The fourth-order valence-electron chi connectivity index (χ4n) is 7.23. The molecule has 0 radical (unpaired) electrons. The van der Waals surface area contributed by atoms with Crippen LogP contribution in [0.3, 0.4) is 0 Å². The highest BCUT2D eigenvalue weighted by Gasteiger charge is 2.56. The zero-order chi connectivity index (χ0) is 27.0. The topological polar surface area (TPSA) is 102 Å². The molecule has 1 saturated carbocycles. The Morgan fingerprint density at radius 3 is 2.30 bits per heavy atom. The first-order valence-electron chi connectivity index (χ1n) is 14.6. The predicted molar refractivity (Wildman–Crippen MR) is 145 cm³/mol. The van der Waals surface area contributed by atoms with Gasteiger partial charge in [-0.3, -0.25) is 19.6 Å². The number of hydrogen-bond acceptors (Lipinski definition) is 5. The third-order valence-electron chi connectivity index (χ3n) is 9.24. The van der Waals surface area contributed by atoms with Gasteiger partial charge in [0.15, 0.2) is 0 Å². The summed E-state index contributed by atoms with van der Waals surface area (Å²) in [5.74, 6) is -0.0833. The van der Waals surface area contributed by atoms with Crippen LogP contribution in [0.15, 0.2) is 0 Å². The molecule has 1 unspecified atom stereocenters. The largest absolute Gasteiger partial charge is 0.390 e. The third kappa shape index (κ3) is 5.33. The molecule has 0 aromatic carbocycles. The fourth-order valence-corrected chi connectivity index (χ4v) is 7.23. The van der Waals surface area contributed by atoms with Crippen molar-refractivity contribution in [2.45, 2.75) is 123 Å². The van der Waals surface area contributed by atoms with Crippen LogP contribution < -0.4 is 5.32 Å². The first kappa shape index (κ1) is 28.1. The number of aliphatic hydroxyl groups excluding tert-OH is 1. The number of likely N-dealkylation sites (tertiary alicyclic amines) is 1. The number of aryl methyl sites for hydroxylation is 2. The van der Waals surface area contributed by atoms with Crippen LogP contribution in [-0.2, 0) is 9.59 Å².